The molecule has 5 heteroatoms. The van der Waals surface area contributed by atoms with Gasteiger partial charge in [-0.3, -0.25) is 4.98 Å². The lowest BCUT2D eigenvalue weighted by molar-refractivity contribution is 0.456. The quantitative estimate of drug-likeness (QED) is 0.788. The second-order valence-electron chi connectivity index (χ2n) is 4.39. The maximum absolute atomic E-state index is 5.85. The lowest BCUT2D eigenvalue weighted by Crippen LogP contribution is -2.03. The molecule has 2 aromatic heterocycles. The largest absolute Gasteiger partial charge is 0.435 e. The van der Waals surface area contributed by atoms with E-state index in [9.17, 15) is 0 Å². The molecule has 2 heterocycles. The van der Waals surface area contributed by atoms with E-state index in [1.165, 1.54) is 0 Å². The van der Waals surface area contributed by atoms with Gasteiger partial charge in [-0.25, -0.2) is 9.97 Å². The minimum atomic E-state index is 0.278. The Morgan fingerprint density at radius 1 is 1.10 bits per heavy atom. The highest BCUT2D eigenvalue weighted by atomic mass is 16.5. The highest BCUT2D eigenvalue weighted by Crippen LogP contribution is 2.28. The van der Waals surface area contributed by atoms with E-state index >= 15 is 0 Å². The number of rotatable bonds is 3. The molecular weight excluding hydrogens is 252 g/mol. The van der Waals surface area contributed by atoms with Crippen molar-refractivity contribution in [3.05, 3.63) is 54.1 Å². The van der Waals surface area contributed by atoms with Crippen LogP contribution in [0.2, 0.25) is 0 Å². The van der Waals surface area contributed by atoms with Crippen LogP contribution in [-0.4, -0.2) is 15.0 Å². The van der Waals surface area contributed by atoms with Gasteiger partial charge in [-0.1, -0.05) is 18.2 Å². The number of para-hydroxylation sites is 1. The molecule has 0 unspecified atom stereocenters. The third-order valence-electron chi connectivity index (χ3n) is 2.96. The standard InChI is InChI=1S/C15H14N4O/c1-10-5-6-11-3-2-4-13(14(11)19-10)20-15-12(9-16)17-7-8-18-15/h2-8H,9,16H2,1H3. The fraction of sp³-hybridized carbons (Fsp3) is 0.133. The molecule has 5 nitrogen and oxygen atoms in total. The number of fused-ring (bicyclic) bond motifs is 1. The number of benzene rings is 1. The van der Waals surface area contributed by atoms with Crippen molar-refractivity contribution in [3.8, 4) is 11.6 Å². The summed E-state index contributed by atoms with van der Waals surface area (Å²) in [5, 5.41) is 1.02. The zero-order valence-electron chi connectivity index (χ0n) is 11.1. The maximum atomic E-state index is 5.85. The van der Waals surface area contributed by atoms with Crippen LogP contribution in [-0.2, 0) is 6.54 Å². The van der Waals surface area contributed by atoms with Crippen molar-refractivity contribution in [2.75, 3.05) is 0 Å². The van der Waals surface area contributed by atoms with Gasteiger partial charge in [-0.2, -0.15) is 0 Å². The molecule has 0 aliphatic heterocycles. The van der Waals surface area contributed by atoms with Crippen molar-refractivity contribution in [1.29, 1.82) is 0 Å². The average molecular weight is 266 g/mol. The molecule has 1 aromatic carbocycles. The van der Waals surface area contributed by atoms with E-state index in [1.807, 2.05) is 37.3 Å². The second-order valence-corrected chi connectivity index (χ2v) is 4.39. The number of nitrogens with zero attached hydrogens (tertiary/aromatic N) is 3. The number of aromatic nitrogens is 3. The van der Waals surface area contributed by atoms with Crippen LogP contribution in [0.5, 0.6) is 11.6 Å². The van der Waals surface area contributed by atoms with Gasteiger partial charge in [0.05, 0.1) is 0 Å². The molecule has 0 bridgehead atoms. The van der Waals surface area contributed by atoms with E-state index in [0.717, 1.165) is 16.6 Å². The fourth-order valence-corrected chi connectivity index (χ4v) is 1.98. The Labute approximate surface area is 116 Å². The van der Waals surface area contributed by atoms with Crippen LogP contribution < -0.4 is 10.5 Å². The van der Waals surface area contributed by atoms with Crippen molar-refractivity contribution in [3.63, 3.8) is 0 Å². The first-order valence-corrected chi connectivity index (χ1v) is 6.32. The molecule has 2 N–H and O–H groups in total. The number of hydrogen-bond donors (Lipinski definition) is 1. The molecule has 0 saturated carbocycles. The first-order chi connectivity index (χ1) is 9.78. The minimum absolute atomic E-state index is 0.278. The molecule has 0 spiro atoms. The van der Waals surface area contributed by atoms with Crippen LogP contribution in [0, 0.1) is 6.92 Å². The topological polar surface area (TPSA) is 73.9 Å². The Morgan fingerprint density at radius 3 is 2.80 bits per heavy atom. The summed E-state index contributed by atoms with van der Waals surface area (Å²) in [6.07, 6.45) is 3.18. The Balaban J connectivity index is 2.08. The van der Waals surface area contributed by atoms with Crippen molar-refractivity contribution in [2.45, 2.75) is 13.5 Å². The lowest BCUT2D eigenvalue weighted by Gasteiger charge is -2.09. The van der Waals surface area contributed by atoms with Crippen LogP contribution in [0.15, 0.2) is 42.7 Å². The van der Waals surface area contributed by atoms with Crippen LogP contribution in [0.25, 0.3) is 10.9 Å². The molecule has 100 valence electrons. The van der Waals surface area contributed by atoms with Gasteiger partial charge in [-0.05, 0) is 19.1 Å². The number of ether oxygens (including phenoxy) is 1. The van der Waals surface area contributed by atoms with Gasteiger partial charge in [-0.15, -0.1) is 0 Å². The highest BCUT2D eigenvalue weighted by molar-refractivity contribution is 5.84. The summed E-state index contributed by atoms with van der Waals surface area (Å²) in [7, 11) is 0. The summed E-state index contributed by atoms with van der Waals surface area (Å²) in [6.45, 7) is 2.23. The molecular formula is C15H14N4O. The summed E-state index contributed by atoms with van der Waals surface area (Å²) in [6, 6.07) is 9.77. The number of nitrogens with two attached hydrogens (primary N) is 1. The Kier molecular flexibility index (Phi) is 3.26. The van der Waals surface area contributed by atoms with Crippen molar-refractivity contribution >= 4 is 10.9 Å². The van der Waals surface area contributed by atoms with Gasteiger partial charge in [0.15, 0.2) is 5.75 Å². The molecule has 0 aliphatic rings. The van der Waals surface area contributed by atoms with Crippen LogP contribution in [0.3, 0.4) is 0 Å². The van der Waals surface area contributed by atoms with E-state index in [4.69, 9.17) is 10.5 Å². The van der Waals surface area contributed by atoms with Crippen molar-refractivity contribution < 1.29 is 4.74 Å². The van der Waals surface area contributed by atoms with Crippen LogP contribution in [0.1, 0.15) is 11.4 Å². The summed E-state index contributed by atoms with van der Waals surface area (Å²) in [5.74, 6) is 1.08. The Hall–Kier alpha value is -2.53. The lowest BCUT2D eigenvalue weighted by atomic mass is 10.2. The predicted octanol–water partition coefficient (Wildman–Crippen LogP) is 2.58. The predicted molar refractivity (Wildman–Crippen MR) is 76.5 cm³/mol. The molecule has 3 rings (SSSR count). The molecule has 0 amide bonds. The molecule has 3 aromatic rings. The van der Waals surface area contributed by atoms with E-state index in [2.05, 4.69) is 15.0 Å². The van der Waals surface area contributed by atoms with E-state index in [0.29, 0.717) is 17.3 Å². The smallest absolute Gasteiger partial charge is 0.242 e. The fourth-order valence-electron chi connectivity index (χ4n) is 1.98. The van der Waals surface area contributed by atoms with Gasteiger partial charge < -0.3 is 10.5 Å². The van der Waals surface area contributed by atoms with Gasteiger partial charge >= 0.3 is 0 Å². The summed E-state index contributed by atoms with van der Waals surface area (Å²) in [5.41, 5.74) is 8.01. The molecule has 20 heavy (non-hydrogen) atoms. The van der Waals surface area contributed by atoms with Gasteiger partial charge in [0.25, 0.3) is 0 Å². The zero-order chi connectivity index (χ0) is 13.9. The first kappa shape index (κ1) is 12.5. The van der Waals surface area contributed by atoms with Crippen molar-refractivity contribution in [1.82, 2.24) is 15.0 Å². The Bertz CT molecular complexity index is 758. The zero-order valence-corrected chi connectivity index (χ0v) is 11.1. The van der Waals surface area contributed by atoms with Gasteiger partial charge in [0.2, 0.25) is 5.88 Å². The van der Waals surface area contributed by atoms with E-state index in [-0.39, 0.29) is 6.54 Å². The highest BCUT2D eigenvalue weighted by Gasteiger charge is 2.09. The van der Waals surface area contributed by atoms with E-state index < -0.39 is 0 Å². The Morgan fingerprint density at radius 2 is 1.95 bits per heavy atom. The molecule has 0 saturated heterocycles. The van der Waals surface area contributed by atoms with Gasteiger partial charge in [0, 0.05) is 30.0 Å². The number of pyridine rings is 1. The van der Waals surface area contributed by atoms with E-state index in [1.54, 1.807) is 12.4 Å². The summed E-state index contributed by atoms with van der Waals surface area (Å²) in [4.78, 5) is 12.9. The second kappa shape index (κ2) is 5.22. The third-order valence-corrected chi connectivity index (χ3v) is 2.96. The SMILES string of the molecule is Cc1ccc2cccc(Oc3nccnc3CN)c2n1. The average Bonchev–Trinajstić information content (AvgIpc) is 2.48. The minimum Gasteiger partial charge on any atom is -0.435 e. The number of aryl methyl sites for hydroxylation is 1. The summed E-state index contributed by atoms with van der Waals surface area (Å²) >= 11 is 0. The van der Waals surface area contributed by atoms with Crippen molar-refractivity contribution in [2.24, 2.45) is 5.73 Å². The molecule has 0 aliphatic carbocycles. The molecule has 0 radical (unpaired) electrons. The summed E-state index contributed by atoms with van der Waals surface area (Å²) < 4.78 is 5.85. The van der Waals surface area contributed by atoms with Crippen LogP contribution in [0.4, 0.5) is 0 Å². The van der Waals surface area contributed by atoms with Crippen LogP contribution >= 0.6 is 0 Å². The maximum Gasteiger partial charge on any atom is 0.242 e. The first-order valence-electron chi connectivity index (χ1n) is 6.32. The molecule has 0 fully saturated rings. The third kappa shape index (κ3) is 2.31. The van der Waals surface area contributed by atoms with Gasteiger partial charge in [0.1, 0.15) is 11.2 Å². The number of hydrogen-bond acceptors (Lipinski definition) is 5. The monoisotopic (exact) mass is 266 g/mol. The normalized spacial score (nSPS) is 10.7. The molecule has 0 atom stereocenters.